The Morgan fingerprint density at radius 3 is 3.00 bits per heavy atom. The van der Waals surface area contributed by atoms with Crippen molar-refractivity contribution in [2.45, 2.75) is 24.5 Å². The monoisotopic (exact) mass is 164 g/mol. The molecule has 1 atom stereocenters. The minimum Gasteiger partial charge on any atom is -0.360 e. The number of nitriles is 1. The Kier molecular flexibility index (Phi) is 1.15. The molecule has 1 aliphatic carbocycles. The Balaban J connectivity index is 1.81. The van der Waals surface area contributed by atoms with E-state index in [0.29, 0.717) is 5.54 Å². The molecule has 0 N–H and O–H groups in total. The zero-order valence-corrected chi connectivity index (χ0v) is 6.99. The van der Waals surface area contributed by atoms with Gasteiger partial charge >= 0.3 is 0 Å². The Bertz CT molecular complexity index is 252. The number of hydrogen-bond acceptors (Lipinski definition) is 3. The Labute approximate surface area is 71.9 Å². The predicted molar refractivity (Wildman–Crippen MR) is 42.4 cm³/mol. The molecule has 4 aliphatic rings. The van der Waals surface area contributed by atoms with Gasteiger partial charge in [-0.15, -0.1) is 0 Å². The SMILES string of the molecule is N#CC1CN2CC3CC2(CO1)C3. The first-order valence-corrected chi connectivity index (χ1v) is 4.59. The van der Waals surface area contributed by atoms with Gasteiger partial charge in [0.05, 0.1) is 12.7 Å². The lowest BCUT2D eigenvalue weighted by Gasteiger charge is -2.46. The van der Waals surface area contributed by atoms with E-state index in [1.807, 2.05) is 0 Å². The zero-order valence-electron chi connectivity index (χ0n) is 6.99. The van der Waals surface area contributed by atoms with Gasteiger partial charge in [-0.05, 0) is 18.8 Å². The average Bonchev–Trinajstić information content (AvgIpc) is 2.55. The normalized spacial score (nSPS) is 50.9. The molecule has 1 unspecified atom stereocenters. The van der Waals surface area contributed by atoms with Crippen LogP contribution in [-0.2, 0) is 4.74 Å². The summed E-state index contributed by atoms with van der Waals surface area (Å²) in [7, 11) is 0. The number of hydrogen-bond donors (Lipinski definition) is 0. The summed E-state index contributed by atoms with van der Waals surface area (Å²) in [4.78, 5) is 2.47. The van der Waals surface area contributed by atoms with Crippen molar-refractivity contribution in [3.63, 3.8) is 0 Å². The molecule has 1 saturated carbocycles. The molecule has 0 amide bonds. The minimum absolute atomic E-state index is 0.171. The highest BCUT2D eigenvalue weighted by Crippen LogP contribution is 2.52. The van der Waals surface area contributed by atoms with E-state index >= 15 is 0 Å². The maximum Gasteiger partial charge on any atom is 0.156 e. The van der Waals surface area contributed by atoms with E-state index in [2.05, 4.69) is 11.0 Å². The summed E-state index contributed by atoms with van der Waals surface area (Å²) in [5.74, 6) is 0.908. The number of nitrogens with zero attached hydrogens (tertiary/aromatic N) is 2. The van der Waals surface area contributed by atoms with Crippen molar-refractivity contribution in [2.24, 2.45) is 5.92 Å². The standard InChI is InChI=1S/C9H12N2O/c10-3-8-5-11-4-7-1-9(11,2-7)6-12-8/h7-8H,1-2,4-6H2. The van der Waals surface area contributed by atoms with Gasteiger partial charge in [-0.25, -0.2) is 0 Å². The lowest BCUT2D eigenvalue weighted by molar-refractivity contribution is -0.0836. The molecule has 12 heavy (non-hydrogen) atoms. The van der Waals surface area contributed by atoms with Gasteiger partial charge in [-0.3, -0.25) is 4.90 Å². The molecule has 4 fully saturated rings. The zero-order chi connectivity index (χ0) is 8.18. The fourth-order valence-corrected chi connectivity index (χ4v) is 2.97. The van der Waals surface area contributed by atoms with Gasteiger partial charge < -0.3 is 4.74 Å². The topological polar surface area (TPSA) is 36.3 Å². The summed E-state index contributed by atoms with van der Waals surface area (Å²) >= 11 is 0. The van der Waals surface area contributed by atoms with E-state index in [0.717, 1.165) is 19.1 Å². The van der Waals surface area contributed by atoms with Crippen LogP contribution in [0.1, 0.15) is 12.8 Å². The van der Waals surface area contributed by atoms with Crippen LogP contribution < -0.4 is 0 Å². The largest absolute Gasteiger partial charge is 0.360 e. The fourth-order valence-electron chi connectivity index (χ4n) is 2.97. The quantitative estimate of drug-likeness (QED) is 0.519. The van der Waals surface area contributed by atoms with Gasteiger partial charge in [0.15, 0.2) is 6.10 Å². The van der Waals surface area contributed by atoms with Gasteiger partial charge in [-0.2, -0.15) is 5.26 Å². The van der Waals surface area contributed by atoms with Gasteiger partial charge in [0.1, 0.15) is 0 Å². The Hall–Kier alpha value is -0.590. The van der Waals surface area contributed by atoms with Crippen LogP contribution in [0.25, 0.3) is 0 Å². The molecule has 0 aromatic carbocycles. The van der Waals surface area contributed by atoms with Crippen LogP contribution in [0.5, 0.6) is 0 Å². The molecule has 0 aromatic rings. The highest BCUT2D eigenvalue weighted by molar-refractivity contribution is 5.13. The van der Waals surface area contributed by atoms with Crippen molar-refractivity contribution in [1.29, 1.82) is 5.26 Å². The highest BCUT2D eigenvalue weighted by atomic mass is 16.5. The minimum atomic E-state index is -0.171. The summed E-state index contributed by atoms with van der Waals surface area (Å²) in [5, 5.41) is 8.71. The molecular weight excluding hydrogens is 152 g/mol. The second kappa shape index (κ2) is 2.01. The predicted octanol–water partition coefficient (Wildman–Crippen LogP) is 0.373. The molecule has 4 rings (SSSR count). The Morgan fingerprint density at radius 2 is 2.25 bits per heavy atom. The summed E-state index contributed by atoms with van der Waals surface area (Å²) < 4.78 is 5.48. The third-order valence-electron chi connectivity index (χ3n) is 3.57. The summed E-state index contributed by atoms with van der Waals surface area (Å²) in [6.45, 7) is 2.84. The highest BCUT2D eigenvalue weighted by Gasteiger charge is 2.58. The molecule has 0 aromatic heterocycles. The van der Waals surface area contributed by atoms with Crippen molar-refractivity contribution in [3.05, 3.63) is 0 Å². The molecule has 64 valence electrons. The molecule has 1 spiro atoms. The lowest BCUT2D eigenvalue weighted by atomic mass is 9.73. The first-order valence-electron chi connectivity index (χ1n) is 4.59. The number of ether oxygens (including phenoxy) is 1. The first kappa shape index (κ1) is 6.88. The molecule has 3 aliphatic heterocycles. The molecule has 3 heteroatoms. The van der Waals surface area contributed by atoms with Crippen LogP contribution >= 0.6 is 0 Å². The van der Waals surface area contributed by atoms with Crippen LogP contribution in [0.2, 0.25) is 0 Å². The van der Waals surface area contributed by atoms with Gasteiger partial charge in [0.2, 0.25) is 0 Å². The van der Waals surface area contributed by atoms with E-state index in [1.54, 1.807) is 0 Å². The van der Waals surface area contributed by atoms with E-state index in [9.17, 15) is 0 Å². The second-order valence-corrected chi connectivity index (χ2v) is 4.33. The van der Waals surface area contributed by atoms with Crippen LogP contribution in [0.3, 0.4) is 0 Å². The van der Waals surface area contributed by atoms with E-state index in [-0.39, 0.29) is 6.10 Å². The fraction of sp³-hybridized carbons (Fsp3) is 0.889. The summed E-state index contributed by atoms with van der Waals surface area (Å²) in [6.07, 6.45) is 2.45. The van der Waals surface area contributed by atoms with Gasteiger partial charge in [0.25, 0.3) is 0 Å². The lowest BCUT2D eigenvalue weighted by Crippen LogP contribution is -2.56. The molecule has 0 radical (unpaired) electrons. The van der Waals surface area contributed by atoms with Crippen molar-refractivity contribution in [3.8, 4) is 6.07 Å². The van der Waals surface area contributed by atoms with Crippen molar-refractivity contribution >= 4 is 0 Å². The van der Waals surface area contributed by atoms with Crippen LogP contribution in [0, 0.1) is 17.2 Å². The van der Waals surface area contributed by atoms with E-state index < -0.39 is 0 Å². The third-order valence-corrected chi connectivity index (χ3v) is 3.57. The molecule has 3 heterocycles. The van der Waals surface area contributed by atoms with Crippen molar-refractivity contribution in [2.75, 3.05) is 19.7 Å². The van der Waals surface area contributed by atoms with E-state index in [4.69, 9.17) is 10.00 Å². The average molecular weight is 164 g/mol. The summed E-state index contributed by atoms with van der Waals surface area (Å²) in [6, 6.07) is 2.19. The smallest absolute Gasteiger partial charge is 0.156 e. The molecular formula is C9H12N2O. The maximum absolute atomic E-state index is 8.71. The molecule has 3 nitrogen and oxygen atoms in total. The van der Waals surface area contributed by atoms with Crippen LogP contribution in [0.4, 0.5) is 0 Å². The first-order chi connectivity index (χ1) is 5.82. The maximum atomic E-state index is 8.71. The molecule has 2 bridgehead atoms. The van der Waals surface area contributed by atoms with Crippen LogP contribution in [0.15, 0.2) is 0 Å². The number of rotatable bonds is 0. The van der Waals surface area contributed by atoms with E-state index in [1.165, 1.54) is 19.4 Å². The molecule has 3 saturated heterocycles. The number of morpholine rings is 1. The summed E-state index contributed by atoms with van der Waals surface area (Å²) in [5.41, 5.74) is 0.373. The van der Waals surface area contributed by atoms with Crippen molar-refractivity contribution < 1.29 is 4.74 Å². The van der Waals surface area contributed by atoms with Crippen molar-refractivity contribution in [1.82, 2.24) is 4.90 Å². The van der Waals surface area contributed by atoms with Gasteiger partial charge in [-0.1, -0.05) is 0 Å². The second-order valence-electron chi connectivity index (χ2n) is 4.33. The van der Waals surface area contributed by atoms with Crippen LogP contribution in [-0.4, -0.2) is 36.2 Å². The Morgan fingerprint density at radius 1 is 1.42 bits per heavy atom. The van der Waals surface area contributed by atoms with Gasteiger partial charge in [0, 0.05) is 18.6 Å². The third kappa shape index (κ3) is 0.675.